The molecule has 64 valence electrons. The van der Waals surface area contributed by atoms with Gasteiger partial charge in [-0.3, -0.25) is 0 Å². The van der Waals surface area contributed by atoms with Crippen molar-refractivity contribution in [2.24, 2.45) is 11.3 Å². The van der Waals surface area contributed by atoms with Gasteiger partial charge in [0.05, 0.1) is 12.4 Å². The molecule has 0 fully saturated rings. The molecule has 0 saturated heterocycles. The van der Waals surface area contributed by atoms with E-state index in [9.17, 15) is 0 Å². The van der Waals surface area contributed by atoms with Crippen LogP contribution < -0.4 is 0 Å². The van der Waals surface area contributed by atoms with Gasteiger partial charge in [-0.25, -0.2) is 0 Å². The molecular weight excluding hydrogens is 136 g/mol. The molecule has 0 aromatic rings. The topological polar surface area (TPSA) is 9.23 Å². The minimum Gasteiger partial charge on any atom is -0.497 e. The fraction of sp³-hybridized carbons (Fsp3) is 0.800. The Labute approximate surface area is 69.4 Å². The van der Waals surface area contributed by atoms with Crippen molar-refractivity contribution in [3.8, 4) is 0 Å². The Morgan fingerprint density at radius 2 is 2.18 bits per heavy atom. The molecule has 1 aliphatic heterocycles. The van der Waals surface area contributed by atoms with Crippen molar-refractivity contribution in [3.63, 3.8) is 0 Å². The number of allylic oxidation sites excluding steroid dienone is 1. The second kappa shape index (κ2) is 2.88. The van der Waals surface area contributed by atoms with E-state index in [1.807, 2.05) is 0 Å². The first-order valence-electron chi connectivity index (χ1n) is 4.39. The predicted molar refractivity (Wildman–Crippen MR) is 47.3 cm³/mol. The zero-order chi connectivity index (χ0) is 8.48. The summed E-state index contributed by atoms with van der Waals surface area (Å²) in [6.45, 7) is 9.67. The summed E-state index contributed by atoms with van der Waals surface area (Å²) in [4.78, 5) is 0. The lowest BCUT2D eigenvalue weighted by atomic mass is 9.92. The fourth-order valence-electron chi connectivity index (χ4n) is 1.21. The first-order chi connectivity index (χ1) is 5.04. The minimum absolute atomic E-state index is 0.198. The van der Waals surface area contributed by atoms with E-state index in [0.29, 0.717) is 5.92 Å². The van der Waals surface area contributed by atoms with Gasteiger partial charge in [0.25, 0.3) is 0 Å². The summed E-state index contributed by atoms with van der Waals surface area (Å²) in [7, 11) is 0. The van der Waals surface area contributed by atoms with Crippen LogP contribution in [0.3, 0.4) is 0 Å². The molecule has 0 saturated carbocycles. The van der Waals surface area contributed by atoms with Crippen LogP contribution in [0.2, 0.25) is 0 Å². The van der Waals surface area contributed by atoms with E-state index in [0.717, 1.165) is 6.61 Å². The molecule has 11 heavy (non-hydrogen) atoms. The Kier molecular flexibility index (Phi) is 2.26. The molecular formula is C10H18O. The van der Waals surface area contributed by atoms with Gasteiger partial charge in [-0.1, -0.05) is 27.7 Å². The van der Waals surface area contributed by atoms with E-state index in [1.165, 1.54) is 12.2 Å². The van der Waals surface area contributed by atoms with E-state index in [1.54, 1.807) is 0 Å². The summed E-state index contributed by atoms with van der Waals surface area (Å²) in [5.74, 6) is 1.83. The predicted octanol–water partition coefficient (Wildman–Crippen LogP) is 2.97. The van der Waals surface area contributed by atoms with E-state index in [2.05, 4.69) is 33.8 Å². The molecule has 1 heteroatoms. The quantitative estimate of drug-likeness (QED) is 0.564. The minimum atomic E-state index is 0.198. The zero-order valence-corrected chi connectivity index (χ0v) is 7.98. The molecule has 1 rings (SSSR count). The van der Waals surface area contributed by atoms with Crippen LogP contribution in [0.1, 0.15) is 34.1 Å². The van der Waals surface area contributed by atoms with Crippen LogP contribution >= 0.6 is 0 Å². The third-order valence-corrected chi connectivity index (χ3v) is 2.10. The van der Waals surface area contributed by atoms with Crippen LogP contribution in [-0.4, -0.2) is 6.61 Å². The SMILES string of the molecule is CCC1C=C(C(C)(C)C)OC1. The maximum absolute atomic E-state index is 5.58. The Morgan fingerprint density at radius 3 is 2.45 bits per heavy atom. The van der Waals surface area contributed by atoms with Crippen molar-refractivity contribution in [2.75, 3.05) is 6.61 Å². The van der Waals surface area contributed by atoms with Gasteiger partial charge in [-0.15, -0.1) is 0 Å². The van der Waals surface area contributed by atoms with E-state index < -0.39 is 0 Å². The van der Waals surface area contributed by atoms with Gasteiger partial charge in [0.1, 0.15) is 0 Å². The standard InChI is InChI=1S/C10H18O/c1-5-8-6-9(11-7-8)10(2,3)4/h6,8H,5,7H2,1-4H3. The third kappa shape index (κ3) is 1.98. The molecule has 0 spiro atoms. The van der Waals surface area contributed by atoms with Crippen LogP contribution in [-0.2, 0) is 4.74 Å². The van der Waals surface area contributed by atoms with Crippen molar-refractivity contribution >= 4 is 0 Å². The number of hydrogen-bond donors (Lipinski definition) is 0. The number of hydrogen-bond acceptors (Lipinski definition) is 1. The number of ether oxygens (including phenoxy) is 1. The van der Waals surface area contributed by atoms with Gasteiger partial charge in [-0.2, -0.15) is 0 Å². The van der Waals surface area contributed by atoms with Crippen LogP contribution in [0.5, 0.6) is 0 Å². The molecule has 0 aromatic carbocycles. The Bertz CT molecular complexity index is 162. The fourth-order valence-corrected chi connectivity index (χ4v) is 1.21. The van der Waals surface area contributed by atoms with Gasteiger partial charge >= 0.3 is 0 Å². The maximum Gasteiger partial charge on any atom is 0.0977 e. The lowest BCUT2D eigenvalue weighted by Gasteiger charge is -2.19. The van der Waals surface area contributed by atoms with E-state index in [-0.39, 0.29) is 5.41 Å². The average Bonchev–Trinajstić information content (AvgIpc) is 2.32. The Balaban J connectivity index is 2.62. The highest BCUT2D eigenvalue weighted by Crippen LogP contribution is 2.32. The van der Waals surface area contributed by atoms with Crippen LogP contribution in [0.25, 0.3) is 0 Å². The lowest BCUT2D eigenvalue weighted by molar-refractivity contribution is 0.163. The van der Waals surface area contributed by atoms with Crippen LogP contribution in [0, 0.1) is 11.3 Å². The molecule has 0 bridgehead atoms. The summed E-state index contributed by atoms with van der Waals surface area (Å²) in [5, 5.41) is 0. The van der Waals surface area contributed by atoms with Crippen molar-refractivity contribution < 1.29 is 4.74 Å². The molecule has 0 aliphatic carbocycles. The number of rotatable bonds is 1. The molecule has 1 atom stereocenters. The Hall–Kier alpha value is -0.460. The molecule has 0 amide bonds. The smallest absolute Gasteiger partial charge is 0.0977 e. The molecule has 0 N–H and O–H groups in total. The maximum atomic E-state index is 5.58. The largest absolute Gasteiger partial charge is 0.497 e. The monoisotopic (exact) mass is 154 g/mol. The molecule has 0 radical (unpaired) electrons. The van der Waals surface area contributed by atoms with E-state index >= 15 is 0 Å². The molecule has 1 unspecified atom stereocenters. The first-order valence-corrected chi connectivity index (χ1v) is 4.39. The molecule has 1 nitrogen and oxygen atoms in total. The van der Waals surface area contributed by atoms with Crippen molar-refractivity contribution in [1.29, 1.82) is 0 Å². The summed E-state index contributed by atoms with van der Waals surface area (Å²) in [6.07, 6.45) is 3.47. The van der Waals surface area contributed by atoms with Gasteiger partial charge < -0.3 is 4.74 Å². The summed E-state index contributed by atoms with van der Waals surface area (Å²) in [6, 6.07) is 0. The highest BCUT2D eigenvalue weighted by Gasteiger charge is 2.25. The second-order valence-corrected chi connectivity index (χ2v) is 4.26. The van der Waals surface area contributed by atoms with Crippen molar-refractivity contribution in [1.82, 2.24) is 0 Å². The average molecular weight is 154 g/mol. The molecule has 1 aliphatic rings. The lowest BCUT2D eigenvalue weighted by Crippen LogP contribution is -2.09. The Morgan fingerprint density at radius 1 is 1.55 bits per heavy atom. The summed E-state index contributed by atoms with van der Waals surface area (Å²) >= 11 is 0. The van der Waals surface area contributed by atoms with Gasteiger partial charge in [0.15, 0.2) is 0 Å². The summed E-state index contributed by atoms with van der Waals surface area (Å²) < 4.78 is 5.58. The van der Waals surface area contributed by atoms with Crippen LogP contribution in [0.4, 0.5) is 0 Å². The highest BCUT2D eigenvalue weighted by molar-refractivity contribution is 5.09. The summed E-state index contributed by atoms with van der Waals surface area (Å²) in [5.41, 5.74) is 0.198. The second-order valence-electron chi connectivity index (χ2n) is 4.26. The van der Waals surface area contributed by atoms with Crippen molar-refractivity contribution in [3.05, 3.63) is 11.8 Å². The van der Waals surface area contributed by atoms with Gasteiger partial charge in [0, 0.05) is 11.3 Å². The molecule has 1 heterocycles. The normalized spacial score (nSPS) is 24.7. The first kappa shape index (κ1) is 8.63. The zero-order valence-electron chi connectivity index (χ0n) is 7.98. The van der Waals surface area contributed by atoms with Crippen molar-refractivity contribution in [2.45, 2.75) is 34.1 Å². The third-order valence-electron chi connectivity index (χ3n) is 2.10. The van der Waals surface area contributed by atoms with E-state index in [4.69, 9.17) is 4.74 Å². The van der Waals surface area contributed by atoms with Crippen LogP contribution in [0.15, 0.2) is 11.8 Å². The van der Waals surface area contributed by atoms with Gasteiger partial charge in [0.2, 0.25) is 0 Å². The highest BCUT2D eigenvalue weighted by atomic mass is 16.5. The van der Waals surface area contributed by atoms with Gasteiger partial charge in [-0.05, 0) is 12.5 Å². The molecule has 0 aromatic heterocycles.